The number of hydrogen-bond donors (Lipinski definition) is 3. The molecule has 0 aliphatic rings. The van der Waals surface area contributed by atoms with Crippen LogP contribution in [-0.4, -0.2) is 32.9 Å². The largest absolute Gasteiger partial charge is 0.493 e. The van der Waals surface area contributed by atoms with Gasteiger partial charge in [0.15, 0.2) is 0 Å². The highest BCUT2D eigenvalue weighted by atomic mass is 32.2. The molecule has 0 aliphatic carbocycles. The van der Waals surface area contributed by atoms with Crippen molar-refractivity contribution in [1.29, 1.82) is 0 Å². The number of benzene rings is 3. The summed E-state index contributed by atoms with van der Waals surface area (Å²) < 4.78 is 33.2. The van der Waals surface area contributed by atoms with Crippen molar-refractivity contribution in [2.75, 3.05) is 16.6 Å². The zero-order valence-electron chi connectivity index (χ0n) is 19.8. The summed E-state index contributed by atoms with van der Waals surface area (Å²) in [4.78, 5) is 25.9. The number of sulfonamides is 1. The number of ether oxygens (including phenoxy) is 1. The molecule has 9 heteroatoms. The molecule has 0 saturated carbocycles. The molecule has 0 saturated heterocycles. The number of amides is 2. The van der Waals surface area contributed by atoms with E-state index >= 15 is 0 Å². The smallest absolute Gasteiger partial charge is 0.261 e. The Morgan fingerprint density at radius 2 is 1.49 bits per heavy atom. The first-order valence-corrected chi connectivity index (χ1v) is 12.7. The van der Waals surface area contributed by atoms with Crippen LogP contribution in [0.3, 0.4) is 0 Å². The standard InChI is InChI=1S/C26H29N3O5S/c1-4-34-23-13-9-8-12-22(23)25(30)28-24(18(2)3)26(31)27-19-14-16-21(17-15-19)35(32,33)29-20-10-6-5-7-11-20/h5-18,24,29H,4H2,1-3H3,(H,27,31)(H,28,30). The van der Waals surface area contributed by atoms with Crippen LogP contribution in [-0.2, 0) is 14.8 Å². The van der Waals surface area contributed by atoms with Gasteiger partial charge in [-0.15, -0.1) is 0 Å². The van der Waals surface area contributed by atoms with Gasteiger partial charge in [0.1, 0.15) is 11.8 Å². The second-order valence-corrected chi connectivity index (χ2v) is 9.79. The molecule has 0 fully saturated rings. The van der Waals surface area contributed by atoms with Crippen LogP contribution < -0.4 is 20.1 Å². The van der Waals surface area contributed by atoms with Crippen molar-refractivity contribution in [1.82, 2.24) is 5.32 Å². The van der Waals surface area contributed by atoms with Crippen molar-refractivity contribution in [3.8, 4) is 5.75 Å². The summed E-state index contributed by atoms with van der Waals surface area (Å²) in [6.45, 7) is 5.88. The lowest BCUT2D eigenvalue weighted by molar-refractivity contribution is -0.118. The second-order valence-electron chi connectivity index (χ2n) is 8.11. The number of hydrogen-bond acceptors (Lipinski definition) is 5. The average molecular weight is 496 g/mol. The molecule has 3 N–H and O–H groups in total. The van der Waals surface area contributed by atoms with Crippen molar-refractivity contribution in [2.24, 2.45) is 5.92 Å². The SMILES string of the molecule is CCOc1ccccc1C(=O)NC(C(=O)Nc1ccc(S(=O)(=O)Nc2ccccc2)cc1)C(C)C. The molecular formula is C26H29N3O5S. The van der Waals surface area contributed by atoms with Crippen LogP contribution in [0, 0.1) is 5.92 Å². The van der Waals surface area contributed by atoms with E-state index in [1.54, 1.807) is 54.6 Å². The molecule has 0 spiro atoms. The molecule has 3 rings (SSSR count). The second kappa shape index (κ2) is 11.5. The third-order valence-corrected chi connectivity index (χ3v) is 6.52. The average Bonchev–Trinajstić information content (AvgIpc) is 2.83. The summed E-state index contributed by atoms with van der Waals surface area (Å²) in [6.07, 6.45) is 0. The molecule has 0 heterocycles. The number of anilines is 2. The molecule has 0 bridgehead atoms. The number of para-hydroxylation sites is 2. The Bertz CT molecular complexity index is 1260. The first kappa shape index (κ1) is 25.8. The van der Waals surface area contributed by atoms with Gasteiger partial charge >= 0.3 is 0 Å². The van der Waals surface area contributed by atoms with E-state index in [9.17, 15) is 18.0 Å². The Morgan fingerprint density at radius 1 is 0.857 bits per heavy atom. The summed E-state index contributed by atoms with van der Waals surface area (Å²) in [7, 11) is -3.78. The Kier molecular flexibility index (Phi) is 8.48. The minimum absolute atomic E-state index is 0.0561. The van der Waals surface area contributed by atoms with E-state index in [2.05, 4.69) is 15.4 Å². The zero-order chi connectivity index (χ0) is 25.4. The third kappa shape index (κ3) is 6.83. The van der Waals surface area contributed by atoms with Gasteiger partial charge in [0, 0.05) is 11.4 Å². The van der Waals surface area contributed by atoms with E-state index in [0.717, 1.165) is 0 Å². The minimum atomic E-state index is -3.78. The molecule has 0 aliphatic heterocycles. The Balaban J connectivity index is 1.69. The molecule has 8 nitrogen and oxygen atoms in total. The highest BCUT2D eigenvalue weighted by Gasteiger charge is 2.26. The van der Waals surface area contributed by atoms with E-state index in [1.807, 2.05) is 20.8 Å². The van der Waals surface area contributed by atoms with E-state index < -0.39 is 27.9 Å². The summed E-state index contributed by atoms with van der Waals surface area (Å²) in [6, 6.07) is 20.4. The predicted octanol–water partition coefficient (Wildman–Crippen LogP) is 4.28. The molecule has 0 radical (unpaired) electrons. The van der Waals surface area contributed by atoms with Gasteiger partial charge in [-0.25, -0.2) is 8.42 Å². The fourth-order valence-electron chi connectivity index (χ4n) is 3.35. The van der Waals surface area contributed by atoms with Crippen LogP contribution in [0.2, 0.25) is 0 Å². The van der Waals surface area contributed by atoms with E-state index in [-0.39, 0.29) is 10.8 Å². The molecule has 35 heavy (non-hydrogen) atoms. The van der Waals surface area contributed by atoms with E-state index in [0.29, 0.717) is 29.3 Å². The Hall–Kier alpha value is -3.85. The lowest BCUT2D eigenvalue weighted by atomic mass is 10.0. The van der Waals surface area contributed by atoms with Gasteiger partial charge in [0.05, 0.1) is 17.1 Å². The number of carbonyl (C=O) groups is 2. The maximum atomic E-state index is 13.0. The molecule has 184 valence electrons. The van der Waals surface area contributed by atoms with Crippen molar-refractivity contribution < 1.29 is 22.7 Å². The topological polar surface area (TPSA) is 114 Å². The van der Waals surface area contributed by atoms with Gasteiger partial charge in [0.2, 0.25) is 5.91 Å². The van der Waals surface area contributed by atoms with Gasteiger partial charge in [-0.1, -0.05) is 44.2 Å². The highest BCUT2D eigenvalue weighted by molar-refractivity contribution is 7.92. The van der Waals surface area contributed by atoms with Crippen LogP contribution in [0.4, 0.5) is 11.4 Å². The molecule has 2 amide bonds. The summed E-state index contributed by atoms with van der Waals surface area (Å²) in [5.74, 6) is -0.596. The number of rotatable bonds is 10. The van der Waals surface area contributed by atoms with Crippen molar-refractivity contribution in [2.45, 2.75) is 31.7 Å². The fourth-order valence-corrected chi connectivity index (χ4v) is 4.41. The quantitative estimate of drug-likeness (QED) is 0.389. The zero-order valence-corrected chi connectivity index (χ0v) is 20.6. The van der Waals surface area contributed by atoms with Gasteiger partial charge in [-0.2, -0.15) is 0 Å². The van der Waals surface area contributed by atoms with Gasteiger partial charge < -0.3 is 15.4 Å². The summed E-state index contributed by atoms with van der Waals surface area (Å²) in [5, 5.41) is 5.53. The number of carbonyl (C=O) groups excluding carboxylic acids is 2. The Labute approximate surface area is 205 Å². The van der Waals surface area contributed by atoms with Gasteiger partial charge in [-0.3, -0.25) is 14.3 Å². The molecule has 0 aromatic heterocycles. The lowest BCUT2D eigenvalue weighted by Crippen LogP contribution is -2.47. The molecule has 3 aromatic rings. The maximum Gasteiger partial charge on any atom is 0.261 e. The minimum Gasteiger partial charge on any atom is -0.493 e. The first-order chi connectivity index (χ1) is 16.7. The monoisotopic (exact) mass is 495 g/mol. The van der Waals surface area contributed by atoms with Crippen molar-refractivity contribution in [3.05, 3.63) is 84.4 Å². The highest BCUT2D eigenvalue weighted by Crippen LogP contribution is 2.20. The molecule has 3 aromatic carbocycles. The van der Waals surface area contributed by atoms with Gasteiger partial charge in [-0.05, 0) is 61.4 Å². The van der Waals surface area contributed by atoms with E-state index in [4.69, 9.17) is 4.74 Å². The van der Waals surface area contributed by atoms with Crippen LogP contribution in [0.25, 0.3) is 0 Å². The molecular weight excluding hydrogens is 466 g/mol. The van der Waals surface area contributed by atoms with Crippen LogP contribution >= 0.6 is 0 Å². The normalized spacial score (nSPS) is 12.0. The third-order valence-electron chi connectivity index (χ3n) is 5.13. The van der Waals surface area contributed by atoms with E-state index in [1.165, 1.54) is 24.3 Å². The van der Waals surface area contributed by atoms with Crippen LogP contribution in [0.1, 0.15) is 31.1 Å². The molecule has 1 atom stereocenters. The first-order valence-electron chi connectivity index (χ1n) is 11.2. The van der Waals surface area contributed by atoms with Crippen LogP contribution in [0.15, 0.2) is 83.8 Å². The summed E-state index contributed by atoms with van der Waals surface area (Å²) >= 11 is 0. The molecule has 1 unspecified atom stereocenters. The fraction of sp³-hybridized carbons (Fsp3) is 0.231. The van der Waals surface area contributed by atoms with Crippen LogP contribution in [0.5, 0.6) is 5.75 Å². The van der Waals surface area contributed by atoms with Crippen molar-refractivity contribution in [3.63, 3.8) is 0 Å². The Morgan fingerprint density at radius 3 is 2.11 bits per heavy atom. The van der Waals surface area contributed by atoms with Crippen molar-refractivity contribution >= 4 is 33.2 Å². The lowest BCUT2D eigenvalue weighted by Gasteiger charge is -2.22. The maximum absolute atomic E-state index is 13.0. The predicted molar refractivity (Wildman–Crippen MR) is 136 cm³/mol. The van der Waals surface area contributed by atoms with Gasteiger partial charge in [0.25, 0.3) is 15.9 Å². The summed E-state index contributed by atoms with van der Waals surface area (Å²) in [5.41, 5.74) is 1.20. The number of nitrogens with one attached hydrogen (secondary N) is 3.